The molecule has 4 aliphatic heterocycles. The number of piperazine rings is 1. The fraction of sp³-hybridized carbons (Fsp3) is 0.385. The Bertz CT molecular complexity index is 1290. The molecule has 1 fully saturated rings. The van der Waals surface area contributed by atoms with Crippen LogP contribution in [-0.2, 0) is 21.4 Å². The van der Waals surface area contributed by atoms with Gasteiger partial charge in [-0.3, -0.25) is 9.59 Å². The van der Waals surface area contributed by atoms with E-state index in [9.17, 15) is 9.59 Å². The lowest BCUT2D eigenvalue weighted by Gasteiger charge is -2.40. The number of carbonyl (C=O) groups is 2. The second kappa shape index (κ2) is 6.15. The van der Waals surface area contributed by atoms with E-state index in [2.05, 4.69) is 37.0 Å². The van der Waals surface area contributed by atoms with Gasteiger partial charge in [0.2, 0.25) is 0 Å². The van der Waals surface area contributed by atoms with Crippen LogP contribution in [0.3, 0.4) is 0 Å². The molecule has 1 aromatic carbocycles. The first kappa shape index (κ1) is 19.4. The number of ether oxygens (including phenoxy) is 1. The first-order chi connectivity index (χ1) is 15.2. The molecule has 6 rings (SSSR count). The zero-order valence-corrected chi connectivity index (χ0v) is 18.9. The van der Waals surface area contributed by atoms with Crippen LogP contribution in [0.25, 0.3) is 17.0 Å². The molecule has 6 nitrogen and oxygen atoms in total. The van der Waals surface area contributed by atoms with Gasteiger partial charge in [-0.15, -0.1) is 0 Å². The van der Waals surface area contributed by atoms with Crippen molar-refractivity contribution in [3.8, 4) is 5.75 Å². The summed E-state index contributed by atoms with van der Waals surface area (Å²) in [6, 6.07) is 3.57. The zero-order valence-electron chi connectivity index (χ0n) is 18.9. The van der Waals surface area contributed by atoms with Gasteiger partial charge in [-0.25, -0.2) is 0 Å². The fourth-order valence-corrected chi connectivity index (χ4v) is 5.41. The van der Waals surface area contributed by atoms with Crippen molar-refractivity contribution in [2.24, 2.45) is 0 Å². The van der Waals surface area contributed by atoms with Crippen molar-refractivity contribution in [2.45, 2.75) is 57.6 Å². The van der Waals surface area contributed by atoms with Crippen molar-refractivity contribution in [3.05, 3.63) is 59.1 Å². The van der Waals surface area contributed by atoms with Gasteiger partial charge in [0.15, 0.2) is 0 Å². The SMILES string of the molecule is CC1(C)C=Cc2c(ccc3c4c([nH]c23)C(C)(C)C=CN2C(=O)C3=CCCN3C(=O)[C@@H]2C4)O1. The van der Waals surface area contributed by atoms with E-state index in [0.717, 1.165) is 39.9 Å². The number of aromatic amines is 1. The number of fused-ring (bicyclic) bond motifs is 7. The average Bonchev–Trinajstić information content (AvgIpc) is 3.35. The molecule has 164 valence electrons. The molecule has 4 aliphatic rings. The topological polar surface area (TPSA) is 65.6 Å². The molecule has 0 radical (unpaired) electrons. The predicted octanol–water partition coefficient (Wildman–Crippen LogP) is 4.03. The largest absolute Gasteiger partial charge is 0.483 e. The van der Waals surface area contributed by atoms with Crippen LogP contribution in [0.1, 0.15) is 50.9 Å². The third-order valence-corrected chi connectivity index (χ3v) is 7.12. The molecular weight excluding hydrogens is 402 g/mol. The lowest BCUT2D eigenvalue weighted by Crippen LogP contribution is -2.56. The van der Waals surface area contributed by atoms with Gasteiger partial charge in [0.1, 0.15) is 23.1 Å². The quantitative estimate of drug-likeness (QED) is 0.688. The zero-order chi connectivity index (χ0) is 22.4. The molecule has 5 heterocycles. The summed E-state index contributed by atoms with van der Waals surface area (Å²) in [7, 11) is 0. The number of benzene rings is 1. The second-order valence-corrected chi connectivity index (χ2v) is 10.3. The number of hydrogen-bond acceptors (Lipinski definition) is 3. The molecule has 1 atom stereocenters. The fourth-order valence-electron chi connectivity index (χ4n) is 5.41. The minimum atomic E-state index is -0.537. The Morgan fingerprint density at radius 2 is 1.94 bits per heavy atom. The Labute approximate surface area is 187 Å². The van der Waals surface area contributed by atoms with E-state index in [4.69, 9.17) is 4.74 Å². The Hall–Kier alpha value is -3.28. The van der Waals surface area contributed by atoms with Crippen LogP contribution < -0.4 is 4.74 Å². The van der Waals surface area contributed by atoms with Gasteiger partial charge >= 0.3 is 0 Å². The molecule has 1 saturated heterocycles. The second-order valence-electron chi connectivity index (χ2n) is 10.3. The molecule has 2 amide bonds. The van der Waals surface area contributed by atoms with Gasteiger partial charge in [-0.05, 0) is 50.1 Å². The first-order valence-electron chi connectivity index (χ1n) is 11.3. The molecule has 6 heteroatoms. The minimum absolute atomic E-state index is 0.000875. The van der Waals surface area contributed by atoms with Crippen molar-refractivity contribution in [2.75, 3.05) is 6.54 Å². The Morgan fingerprint density at radius 3 is 2.75 bits per heavy atom. The van der Waals surface area contributed by atoms with Gasteiger partial charge in [0.25, 0.3) is 11.8 Å². The normalized spacial score (nSPS) is 24.9. The van der Waals surface area contributed by atoms with Crippen LogP contribution >= 0.6 is 0 Å². The number of nitrogens with zero attached hydrogens (tertiary/aromatic N) is 2. The lowest BCUT2D eigenvalue weighted by molar-refractivity contribution is -0.147. The number of carbonyl (C=O) groups excluding carboxylic acids is 2. The molecule has 0 spiro atoms. The van der Waals surface area contributed by atoms with Gasteiger partial charge < -0.3 is 19.5 Å². The number of aromatic nitrogens is 1. The standard InChI is InChI=1S/C26H27N3O3/c1-25(2)11-13-29-19(24(31)28-12-5-6-18(28)23(29)30)14-17-15-7-8-20-16(21(15)27-22(17)25)9-10-26(3,4)32-20/h6-11,13,19,27H,5,12,14H2,1-4H3/t19-/m0/s1. The molecule has 0 saturated carbocycles. The maximum Gasteiger partial charge on any atom is 0.274 e. The van der Waals surface area contributed by atoms with Crippen molar-refractivity contribution in [1.82, 2.24) is 14.8 Å². The highest BCUT2D eigenvalue weighted by Gasteiger charge is 2.45. The summed E-state index contributed by atoms with van der Waals surface area (Å²) in [4.78, 5) is 33.6. The Balaban J connectivity index is 1.54. The van der Waals surface area contributed by atoms with Crippen molar-refractivity contribution in [1.29, 1.82) is 0 Å². The summed E-state index contributed by atoms with van der Waals surface area (Å²) in [6.07, 6.45) is 11.1. The number of amides is 2. The van der Waals surface area contributed by atoms with Crippen LogP contribution in [0, 0.1) is 0 Å². The molecule has 0 aliphatic carbocycles. The summed E-state index contributed by atoms with van der Waals surface area (Å²) in [5, 5.41) is 1.08. The van der Waals surface area contributed by atoms with Crippen LogP contribution in [0.2, 0.25) is 0 Å². The molecular formula is C26H27N3O3. The summed E-state index contributed by atoms with van der Waals surface area (Å²) >= 11 is 0. The molecule has 0 bridgehead atoms. The Kier molecular flexibility index (Phi) is 3.73. The maximum atomic E-state index is 13.4. The van der Waals surface area contributed by atoms with Crippen LogP contribution in [0.4, 0.5) is 0 Å². The summed E-state index contributed by atoms with van der Waals surface area (Å²) in [5.74, 6) is 0.768. The summed E-state index contributed by atoms with van der Waals surface area (Å²) < 4.78 is 6.18. The minimum Gasteiger partial charge on any atom is -0.483 e. The van der Waals surface area contributed by atoms with Crippen molar-refractivity contribution in [3.63, 3.8) is 0 Å². The van der Waals surface area contributed by atoms with Crippen molar-refractivity contribution >= 4 is 28.8 Å². The smallest absolute Gasteiger partial charge is 0.274 e. The maximum absolute atomic E-state index is 13.4. The number of hydrogen-bond donors (Lipinski definition) is 1. The molecule has 0 unspecified atom stereocenters. The van der Waals surface area contributed by atoms with Crippen LogP contribution in [0.5, 0.6) is 5.75 Å². The van der Waals surface area contributed by atoms with E-state index in [1.54, 1.807) is 9.80 Å². The molecule has 1 aromatic heterocycles. The number of nitrogens with one attached hydrogen (secondary N) is 1. The number of H-pyrrole nitrogens is 1. The predicted molar refractivity (Wildman–Crippen MR) is 123 cm³/mol. The van der Waals surface area contributed by atoms with E-state index < -0.39 is 6.04 Å². The van der Waals surface area contributed by atoms with Gasteiger partial charge in [0, 0.05) is 41.2 Å². The summed E-state index contributed by atoms with van der Waals surface area (Å²) in [5.41, 5.74) is 4.06. The van der Waals surface area contributed by atoms with Gasteiger partial charge in [-0.1, -0.05) is 26.0 Å². The van der Waals surface area contributed by atoms with Gasteiger partial charge in [0.05, 0.1) is 5.52 Å². The third-order valence-electron chi connectivity index (χ3n) is 7.12. The molecule has 1 N–H and O–H groups in total. The summed E-state index contributed by atoms with van der Waals surface area (Å²) in [6.45, 7) is 8.94. The first-order valence-corrected chi connectivity index (χ1v) is 11.3. The number of rotatable bonds is 0. The van der Waals surface area contributed by atoms with E-state index in [1.807, 2.05) is 38.3 Å². The number of allylic oxidation sites excluding steroid dienone is 1. The van der Waals surface area contributed by atoms with Crippen LogP contribution in [0.15, 0.2) is 42.3 Å². The highest BCUT2D eigenvalue weighted by Crippen LogP contribution is 2.42. The van der Waals surface area contributed by atoms with E-state index in [0.29, 0.717) is 18.7 Å². The highest BCUT2D eigenvalue weighted by molar-refractivity contribution is 6.06. The average molecular weight is 430 g/mol. The highest BCUT2D eigenvalue weighted by atomic mass is 16.5. The molecule has 32 heavy (non-hydrogen) atoms. The Morgan fingerprint density at radius 1 is 1.12 bits per heavy atom. The van der Waals surface area contributed by atoms with E-state index in [1.165, 1.54) is 0 Å². The third kappa shape index (κ3) is 2.58. The van der Waals surface area contributed by atoms with Crippen LogP contribution in [-0.4, -0.2) is 44.8 Å². The molecule has 2 aromatic rings. The van der Waals surface area contributed by atoms with Crippen molar-refractivity contribution < 1.29 is 14.3 Å². The lowest BCUT2D eigenvalue weighted by atomic mass is 9.82. The van der Waals surface area contributed by atoms with Gasteiger partial charge in [-0.2, -0.15) is 0 Å². The monoisotopic (exact) mass is 429 g/mol. The van der Waals surface area contributed by atoms with E-state index >= 15 is 0 Å². The van der Waals surface area contributed by atoms with E-state index in [-0.39, 0.29) is 22.8 Å².